The minimum Gasteiger partial charge on any atom is -0.306 e. The molecule has 2 aromatic rings. The maximum Gasteiger partial charge on any atom is 0.0548 e. The first-order valence-electron chi connectivity index (χ1n) is 6.53. The lowest BCUT2D eigenvalue weighted by Crippen LogP contribution is -2.20. The number of benzene rings is 2. The Labute approximate surface area is 138 Å². The Balaban J connectivity index is 2.05. The van der Waals surface area contributed by atoms with Crippen LogP contribution in [0.4, 0.5) is 0 Å². The molecule has 0 saturated heterocycles. The highest BCUT2D eigenvalue weighted by Gasteiger charge is 2.09. The Morgan fingerprint density at radius 1 is 1.15 bits per heavy atom. The maximum absolute atomic E-state index is 6.05. The highest BCUT2D eigenvalue weighted by atomic mass is 79.9. The minimum atomic E-state index is 0.295. The summed E-state index contributed by atoms with van der Waals surface area (Å²) in [6.07, 6.45) is 1.01. The van der Waals surface area contributed by atoms with Crippen molar-refractivity contribution in [3.8, 4) is 0 Å². The third-order valence-electron chi connectivity index (χ3n) is 3.20. The fraction of sp³-hybridized carbons (Fsp3) is 0.250. The zero-order valence-corrected chi connectivity index (χ0v) is 14.3. The zero-order valence-electron chi connectivity index (χ0n) is 11.2. The van der Waals surface area contributed by atoms with Gasteiger partial charge in [-0.05, 0) is 57.7 Å². The highest BCUT2D eigenvalue weighted by molar-refractivity contribution is 9.10. The molecule has 0 radical (unpaired) electrons. The average Bonchev–Trinajstić information content (AvgIpc) is 2.43. The lowest BCUT2D eigenvalue weighted by molar-refractivity contribution is 0.519. The standard InChI is InChI=1S/C16H16BrCl2N/c1-2-16(12-4-3-5-13(18)9-12)20-10-11-6-7-15(19)14(17)8-11/h3-9,16,20H,2,10H2,1H3. The normalized spacial score (nSPS) is 12.4. The van der Waals surface area contributed by atoms with E-state index in [1.807, 2.05) is 36.4 Å². The molecule has 0 aliphatic heterocycles. The fourth-order valence-electron chi connectivity index (χ4n) is 2.11. The largest absolute Gasteiger partial charge is 0.306 e. The van der Waals surface area contributed by atoms with Crippen molar-refractivity contribution in [3.63, 3.8) is 0 Å². The first-order valence-corrected chi connectivity index (χ1v) is 8.08. The second-order valence-electron chi connectivity index (χ2n) is 4.65. The Morgan fingerprint density at radius 3 is 2.60 bits per heavy atom. The Morgan fingerprint density at radius 2 is 1.95 bits per heavy atom. The van der Waals surface area contributed by atoms with E-state index in [1.165, 1.54) is 11.1 Å². The second-order valence-corrected chi connectivity index (χ2v) is 6.34. The number of nitrogens with one attached hydrogen (secondary N) is 1. The van der Waals surface area contributed by atoms with Crippen LogP contribution in [-0.4, -0.2) is 0 Å². The molecule has 2 rings (SSSR count). The van der Waals surface area contributed by atoms with Gasteiger partial charge in [-0.3, -0.25) is 0 Å². The second kappa shape index (κ2) is 7.46. The van der Waals surface area contributed by atoms with Crippen LogP contribution in [0.15, 0.2) is 46.9 Å². The summed E-state index contributed by atoms with van der Waals surface area (Å²) in [6.45, 7) is 2.96. The van der Waals surface area contributed by atoms with Crippen LogP contribution in [0.3, 0.4) is 0 Å². The molecule has 0 spiro atoms. The average molecular weight is 373 g/mol. The topological polar surface area (TPSA) is 12.0 Å². The highest BCUT2D eigenvalue weighted by Crippen LogP contribution is 2.24. The summed E-state index contributed by atoms with van der Waals surface area (Å²) >= 11 is 15.5. The van der Waals surface area contributed by atoms with Gasteiger partial charge in [-0.25, -0.2) is 0 Å². The third kappa shape index (κ3) is 4.23. The Bertz CT molecular complexity index is 586. The molecule has 0 aromatic heterocycles. The molecule has 4 heteroatoms. The molecule has 0 bridgehead atoms. The predicted molar refractivity (Wildman–Crippen MR) is 90.5 cm³/mol. The zero-order chi connectivity index (χ0) is 14.5. The molecule has 2 aromatic carbocycles. The van der Waals surface area contributed by atoms with Crippen LogP contribution < -0.4 is 5.32 Å². The first-order chi connectivity index (χ1) is 9.60. The molecule has 0 aliphatic rings. The molecule has 0 aliphatic carbocycles. The minimum absolute atomic E-state index is 0.295. The lowest BCUT2D eigenvalue weighted by Gasteiger charge is -2.18. The van der Waals surface area contributed by atoms with Gasteiger partial charge in [0.25, 0.3) is 0 Å². The first kappa shape index (κ1) is 15.8. The van der Waals surface area contributed by atoms with Gasteiger partial charge in [0.2, 0.25) is 0 Å². The van der Waals surface area contributed by atoms with E-state index >= 15 is 0 Å². The Hall–Kier alpha value is -0.540. The predicted octanol–water partition coefficient (Wildman–Crippen LogP) is 6.00. The van der Waals surface area contributed by atoms with Crippen molar-refractivity contribution in [2.45, 2.75) is 25.9 Å². The number of hydrogen-bond donors (Lipinski definition) is 1. The van der Waals surface area contributed by atoms with Gasteiger partial charge < -0.3 is 5.32 Å². The maximum atomic E-state index is 6.05. The van der Waals surface area contributed by atoms with Crippen molar-refractivity contribution in [2.24, 2.45) is 0 Å². The number of halogens is 3. The van der Waals surface area contributed by atoms with Crippen molar-refractivity contribution in [1.29, 1.82) is 0 Å². The van der Waals surface area contributed by atoms with E-state index in [0.717, 1.165) is 27.5 Å². The van der Waals surface area contributed by atoms with E-state index in [9.17, 15) is 0 Å². The summed E-state index contributed by atoms with van der Waals surface area (Å²) in [5.41, 5.74) is 2.41. The summed E-state index contributed by atoms with van der Waals surface area (Å²) in [6, 6.07) is 14.3. The van der Waals surface area contributed by atoms with Gasteiger partial charge in [-0.1, -0.05) is 48.3 Å². The summed E-state index contributed by atoms with van der Waals surface area (Å²) in [5, 5.41) is 5.06. The smallest absolute Gasteiger partial charge is 0.0548 e. The molecule has 0 heterocycles. The van der Waals surface area contributed by atoms with Crippen molar-refractivity contribution >= 4 is 39.1 Å². The van der Waals surface area contributed by atoms with Crippen LogP contribution in [0.5, 0.6) is 0 Å². The third-order valence-corrected chi connectivity index (χ3v) is 4.64. The van der Waals surface area contributed by atoms with Gasteiger partial charge in [0.05, 0.1) is 5.02 Å². The van der Waals surface area contributed by atoms with Gasteiger partial charge in [-0.2, -0.15) is 0 Å². The van der Waals surface area contributed by atoms with Gasteiger partial charge >= 0.3 is 0 Å². The molecule has 0 amide bonds. The van der Waals surface area contributed by atoms with Gasteiger partial charge in [0.1, 0.15) is 0 Å². The SMILES string of the molecule is CCC(NCc1ccc(Cl)c(Br)c1)c1cccc(Cl)c1. The molecule has 0 fully saturated rings. The van der Waals surface area contributed by atoms with Crippen LogP contribution >= 0.6 is 39.1 Å². The molecular weight excluding hydrogens is 357 g/mol. The number of hydrogen-bond acceptors (Lipinski definition) is 1. The van der Waals surface area contributed by atoms with E-state index in [4.69, 9.17) is 23.2 Å². The van der Waals surface area contributed by atoms with Gasteiger partial charge in [0, 0.05) is 22.1 Å². The van der Waals surface area contributed by atoms with Crippen LogP contribution in [0.2, 0.25) is 10.0 Å². The molecular formula is C16H16BrCl2N. The molecule has 1 N–H and O–H groups in total. The molecule has 1 unspecified atom stereocenters. The van der Waals surface area contributed by atoms with E-state index < -0.39 is 0 Å². The quantitative estimate of drug-likeness (QED) is 0.678. The van der Waals surface area contributed by atoms with E-state index in [2.05, 4.69) is 34.2 Å². The van der Waals surface area contributed by atoms with Gasteiger partial charge in [-0.15, -0.1) is 0 Å². The van der Waals surface area contributed by atoms with E-state index in [0.29, 0.717) is 6.04 Å². The number of rotatable bonds is 5. The van der Waals surface area contributed by atoms with Crippen molar-refractivity contribution in [2.75, 3.05) is 0 Å². The Kier molecular flexibility index (Phi) is 5.91. The monoisotopic (exact) mass is 371 g/mol. The van der Waals surface area contributed by atoms with Crippen LogP contribution in [0, 0.1) is 0 Å². The molecule has 106 valence electrons. The summed E-state index contributed by atoms with van der Waals surface area (Å²) in [7, 11) is 0. The summed E-state index contributed by atoms with van der Waals surface area (Å²) < 4.78 is 0.925. The van der Waals surface area contributed by atoms with E-state index in [1.54, 1.807) is 0 Å². The lowest BCUT2D eigenvalue weighted by atomic mass is 10.0. The molecule has 0 saturated carbocycles. The van der Waals surface area contributed by atoms with Crippen molar-refractivity contribution in [3.05, 3.63) is 68.1 Å². The summed E-state index contributed by atoms with van der Waals surface area (Å²) in [4.78, 5) is 0. The van der Waals surface area contributed by atoms with Crippen molar-refractivity contribution in [1.82, 2.24) is 5.32 Å². The van der Waals surface area contributed by atoms with Crippen LogP contribution in [-0.2, 0) is 6.54 Å². The van der Waals surface area contributed by atoms with Gasteiger partial charge in [0.15, 0.2) is 0 Å². The molecule has 1 atom stereocenters. The molecule has 20 heavy (non-hydrogen) atoms. The summed E-state index contributed by atoms with van der Waals surface area (Å²) in [5.74, 6) is 0. The molecule has 1 nitrogen and oxygen atoms in total. The fourth-order valence-corrected chi connectivity index (χ4v) is 2.85. The van der Waals surface area contributed by atoms with Crippen LogP contribution in [0.25, 0.3) is 0 Å². The van der Waals surface area contributed by atoms with E-state index in [-0.39, 0.29) is 0 Å². The van der Waals surface area contributed by atoms with Crippen LogP contribution in [0.1, 0.15) is 30.5 Å². The van der Waals surface area contributed by atoms with Crippen molar-refractivity contribution < 1.29 is 0 Å².